The third-order valence-electron chi connectivity index (χ3n) is 1.83. The molecule has 2 aromatic rings. The summed E-state index contributed by atoms with van der Waals surface area (Å²) >= 11 is 0. The van der Waals surface area contributed by atoms with E-state index < -0.39 is 0 Å². The average Bonchev–Trinajstić information content (AvgIpc) is 2.47. The minimum absolute atomic E-state index is 0.311. The molecule has 0 unspecified atom stereocenters. The summed E-state index contributed by atoms with van der Waals surface area (Å²) in [6, 6.07) is 3.87. The fourth-order valence-electron chi connectivity index (χ4n) is 1.01. The molecule has 0 bridgehead atoms. The Bertz CT molecular complexity index is 404. The molecule has 0 aliphatic rings. The van der Waals surface area contributed by atoms with Crippen LogP contribution in [0.5, 0.6) is 11.9 Å². The molecule has 0 spiro atoms. The van der Waals surface area contributed by atoms with Gasteiger partial charge in [-0.25, -0.2) is 9.97 Å². The molecule has 0 aromatic carbocycles. The van der Waals surface area contributed by atoms with Crippen molar-refractivity contribution in [3.05, 3.63) is 30.2 Å². The van der Waals surface area contributed by atoms with Gasteiger partial charge in [0.1, 0.15) is 0 Å². The van der Waals surface area contributed by atoms with E-state index in [1.54, 1.807) is 23.1 Å². The maximum atomic E-state index is 5.33. The Kier molecular flexibility index (Phi) is 2.14. The monoisotopic (exact) mass is 190 g/mol. The van der Waals surface area contributed by atoms with Crippen molar-refractivity contribution < 1.29 is 4.74 Å². The van der Waals surface area contributed by atoms with Crippen LogP contribution in [0.4, 0.5) is 0 Å². The maximum absolute atomic E-state index is 5.33. The van der Waals surface area contributed by atoms with E-state index in [2.05, 4.69) is 15.1 Å². The summed E-state index contributed by atoms with van der Waals surface area (Å²) in [4.78, 5) is 7.86. The fraction of sp³-hybridized carbons (Fsp3) is 0.222. The zero-order chi connectivity index (χ0) is 9.97. The quantitative estimate of drug-likeness (QED) is 0.716. The van der Waals surface area contributed by atoms with Gasteiger partial charge in [-0.15, -0.1) is 5.10 Å². The summed E-state index contributed by atoms with van der Waals surface area (Å²) in [5.74, 6) is 0.510. The largest absolute Gasteiger partial charge is 0.404 e. The van der Waals surface area contributed by atoms with Crippen LogP contribution in [0.3, 0.4) is 0 Å². The second kappa shape index (κ2) is 3.45. The van der Waals surface area contributed by atoms with Crippen LogP contribution in [0.2, 0.25) is 0 Å². The van der Waals surface area contributed by atoms with Crippen molar-refractivity contribution >= 4 is 0 Å². The molecule has 14 heavy (non-hydrogen) atoms. The number of aryl methyl sites for hydroxylation is 2. The highest BCUT2D eigenvalue weighted by Gasteiger charge is 2.04. The first-order chi connectivity index (χ1) is 6.75. The van der Waals surface area contributed by atoms with Gasteiger partial charge in [-0.2, -0.15) is 0 Å². The Morgan fingerprint density at radius 2 is 2.00 bits per heavy atom. The summed E-state index contributed by atoms with van der Waals surface area (Å²) in [5, 5.41) is 4.12. The van der Waals surface area contributed by atoms with Crippen LogP contribution < -0.4 is 4.74 Å². The lowest BCUT2D eigenvalue weighted by molar-refractivity contribution is 0.418. The van der Waals surface area contributed by atoms with Gasteiger partial charge in [-0.05, 0) is 13.0 Å². The number of nitrogens with zero attached hydrogens (tertiary/aromatic N) is 4. The van der Waals surface area contributed by atoms with E-state index in [-0.39, 0.29) is 0 Å². The fourth-order valence-corrected chi connectivity index (χ4v) is 1.01. The highest BCUT2D eigenvalue weighted by Crippen LogP contribution is 2.15. The predicted octanol–water partition coefficient (Wildman–Crippen LogP) is 1.31. The molecule has 72 valence electrons. The number of aromatic nitrogens is 4. The van der Waals surface area contributed by atoms with Gasteiger partial charge in [0.15, 0.2) is 0 Å². The molecule has 2 rings (SSSR count). The van der Waals surface area contributed by atoms with Crippen molar-refractivity contribution in [1.82, 2.24) is 19.7 Å². The highest BCUT2D eigenvalue weighted by atomic mass is 16.5. The Morgan fingerprint density at radius 1 is 1.29 bits per heavy atom. The zero-order valence-corrected chi connectivity index (χ0v) is 8.01. The molecule has 2 heterocycles. The molecule has 0 aliphatic heterocycles. The summed E-state index contributed by atoms with van der Waals surface area (Å²) < 4.78 is 7.06. The van der Waals surface area contributed by atoms with Crippen molar-refractivity contribution in [2.24, 2.45) is 7.05 Å². The predicted molar refractivity (Wildman–Crippen MR) is 50.1 cm³/mol. The van der Waals surface area contributed by atoms with Crippen LogP contribution >= 0.6 is 0 Å². The van der Waals surface area contributed by atoms with Crippen molar-refractivity contribution in [1.29, 1.82) is 0 Å². The second-order valence-corrected chi connectivity index (χ2v) is 2.88. The standard InChI is InChI=1S/C9H10N4O/c1-7-6-8(12-13(7)2)14-9-10-4-3-5-11-9/h3-6H,1-2H3. The molecule has 0 amide bonds. The number of rotatable bonds is 2. The highest BCUT2D eigenvalue weighted by molar-refractivity contribution is 5.17. The van der Waals surface area contributed by atoms with E-state index in [0.717, 1.165) is 5.69 Å². The average molecular weight is 190 g/mol. The van der Waals surface area contributed by atoms with Gasteiger partial charge in [-0.1, -0.05) is 0 Å². The summed E-state index contributed by atoms with van der Waals surface area (Å²) in [7, 11) is 1.86. The van der Waals surface area contributed by atoms with Gasteiger partial charge in [0.05, 0.1) is 0 Å². The van der Waals surface area contributed by atoms with Gasteiger partial charge < -0.3 is 4.74 Å². The number of hydrogen-bond donors (Lipinski definition) is 0. The van der Waals surface area contributed by atoms with E-state index in [9.17, 15) is 0 Å². The first-order valence-corrected chi connectivity index (χ1v) is 4.21. The maximum Gasteiger partial charge on any atom is 0.323 e. The molecule has 0 atom stereocenters. The van der Waals surface area contributed by atoms with Crippen LogP contribution in [0, 0.1) is 6.92 Å². The summed E-state index contributed by atoms with van der Waals surface area (Å²) in [5.41, 5.74) is 1.02. The van der Waals surface area contributed by atoms with E-state index in [1.807, 2.05) is 20.0 Å². The molecule has 0 saturated carbocycles. The number of ether oxygens (including phenoxy) is 1. The van der Waals surface area contributed by atoms with Gasteiger partial charge in [-0.3, -0.25) is 4.68 Å². The summed E-state index contributed by atoms with van der Waals surface area (Å²) in [6.07, 6.45) is 3.25. The lowest BCUT2D eigenvalue weighted by atomic mass is 10.5. The molecule has 0 N–H and O–H groups in total. The van der Waals surface area contributed by atoms with Crippen molar-refractivity contribution in [2.75, 3.05) is 0 Å². The van der Waals surface area contributed by atoms with E-state index in [1.165, 1.54) is 0 Å². The Hall–Kier alpha value is -1.91. The molecule has 0 aliphatic carbocycles. The minimum Gasteiger partial charge on any atom is -0.404 e. The second-order valence-electron chi connectivity index (χ2n) is 2.88. The lowest BCUT2D eigenvalue weighted by Crippen LogP contribution is -1.94. The third kappa shape index (κ3) is 1.71. The van der Waals surface area contributed by atoms with Crippen LogP contribution in [0.1, 0.15) is 5.69 Å². The Balaban J connectivity index is 2.19. The molecule has 0 radical (unpaired) electrons. The van der Waals surface area contributed by atoms with Crippen LogP contribution in [-0.2, 0) is 7.05 Å². The van der Waals surface area contributed by atoms with Gasteiger partial charge in [0, 0.05) is 31.2 Å². The minimum atomic E-state index is 0.311. The Morgan fingerprint density at radius 3 is 2.57 bits per heavy atom. The normalized spacial score (nSPS) is 10.1. The first-order valence-electron chi connectivity index (χ1n) is 4.21. The van der Waals surface area contributed by atoms with E-state index in [4.69, 9.17) is 4.74 Å². The van der Waals surface area contributed by atoms with Crippen LogP contribution in [-0.4, -0.2) is 19.7 Å². The zero-order valence-electron chi connectivity index (χ0n) is 8.01. The molecule has 0 saturated heterocycles. The van der Waals surface area contributed by atoms with Crippen LogP contribution in [0.25, 0.3) is 0 Å². The van der Waals surface area contributed by atoms with Crippen molar-refractivity contribution in [3.8, 4) is 11.9 Å². The smallest absolute Gasteiger partial charge is 0.323 e. The topological polar surface area (TPSA) is 52.8 Å². The molecule has 5 heteroatoms. The van der Waals surface area contributed by atoms with Gasteiger partial charge >= 0.3 is 6.01 Å². The van der Waals surface area contributed by atoms with E-state index in [0.29, 0.717) is 11.9 Å². The molecule has 5 nitrogen and oxygen atoms in total. The van der Waals surface area contributed by atoms with E-state index >= 15 is 0 Å². The first kappa shape index (κ1) is 8.68. The summed E-state index contributed by atoms with van der Waals surface area (Å²) in [6.45, 7) is 1.95. The van der Waals surface area contributed by atoms with Gasteiger partial charge in [0.2, 0.25) is 5.88 Å². The lowest BCUT2D eigenvalue weighted by Gasteiger charge is -1.96. The SMILES string of the molecule is Cc1cc(Oc2ncccn2)nn1C. The molecule has 2 aromatic heterocycles. The van der Waals surface area contributed by atoms with Crippen molar-refractivity contribution in [2.45, 2.75) is 6.92 Å². The number of hydrogen-bond acceptors (Lipinski definition) is 4. The van der Waals surface area contributed by atoms with Crippen LogP contribution in [0.15, 0.2) is 24.5 Å². The molecular weight excluding hydrogens is 180 g/mol. The van der Waals surface area contributed by atoms with Gasteiger partial charge in [0.25, 0.3) is 0 Å². The molecule has 0 fully saturated rings. The van der Waals surface area contributed by atoms with Crippen molar-refractivity contribution in [3.63, 3.8) is 0 Å². The molecular formula is C9H10N4O. The Labute approximate surface area is 81.4 Å². The third-order valence-corrected chi connectivity index (χ3v) is 1.83.